The molecule has 0 spiro atoms. The summed E-state index contributed by atoms with van der Waals surface area (Å²) in [5.41, 5.74) is -0.993. The van der Waals surface area contributed by atoms with Gasteiger partial charge in [0.15, 0.2) is 0 Å². The molecule has 5 nitrogen and oxygen atoms in total. The topological polar surface area (TPSA) is 67.8 Å². The standard InChI is InChI=1S/C8H15NO4/c1-9-8(7(10)11)3-4-13-5-6(8)12-2/h6,9H,3-5H2,1-2H3,(H,10,11). The third-order valence-electron chi connectivity index (χ3n) is 2.57. The van der Waals surface area contributed by atoms with Crippen molar-refractivity contribution in [1.82, 2.24) is 5.32 Å². The molecular weight excluding hydrogens is 174 g/mol. The Morgan fingerprint density at radius 1 is 1.77 bits per heavy atom. The van der Waals surface area contributed by atoms with Crippen molar-refractivity contribution < 1.29 is 19.4 Å². The minimum Gasteiger partial charge on any atom is -0.480 e. The lowest BCUT2D eigenvalue weighted by Crippen LogP contribution is -2.63. The fourth-order valence-corrected chi connectivity index (χ4v) is 1.63. The highest BCUT2D eigenvalue weighted by Crippen LogP contribution is 2.23. The molecule has 1 heterocycles. The van der Waals surface area contributed by atoms with Crippen LogP contribution in [0.2, 0.25) is 0 Å². The lowest BCUT2D eigenvalue weighted by atomic mass is 9.87. The van der Waals surface area contributed by atoms with Gasteiger partial charge in [0.05, 0.1) is 6.61 Å². The van der Waals surface area contributed by atoms with Crippen LogP contribution in [0.1, 0.15) is 6.42 Å². The largest absolute Gasteiger partial charge is 0.480 e. The molecule has 13 heavy (non-hydrogen) atoms. The van der Waals surface area contributed by atoms with E-state index in [1.54, 1.807) is 7.05 Å². The SMILES string of the molecule is CNC1(C(=O)O)CCOCC1OC. The van der Waals surface area contributed by atoms with E-state index in [9.17, 15) is 4.79 Å². The fraction of sp³-hybridized carbons (Fsp3) is 0.875. The van der Waals surface area contributed by atoms with E-state index >= 15 is 0 Å². The lowest BCUT2D eigenvalue weighted by molar-refractivity contribution is -0.162. The molecule has 1 aliphatic rings. The molecule has 1 fully saturated rings. The maximum atomic E-state index is 11.1. The van der Waals surface area contributed by atoms with Crippen molar-refractivity contribution in [2.24, 2.45) is 0 Å². The predicted molar refractivity (Wildman–Crippen MR) is 45.7 cm³/mol. The molecule has 0 bridgehead atoms. The number of carboxylic acid groups (broad SMARTS) is 1. The average molecular weight is 189 g/mol. The highest BCUT2D eigenvalue weighted by molar-refractivity contribution is 5.80. The number of carboxylic acids is 1. The summed E-state index contributed by atoms with van der Waals surface area (Å²) in [4.78, 5) is 11.1. The number of rotatable bonds is 3. The Labute approximate surface area is 77.0 Å². The van der Waals surface area contributed by atoms with Crippen molar-refractivity contribution >= 4 is 5.97 Å². The summed E-state index contributed by atoms with van der Waals surface area (Å²) < 4.78 is 10.2. The van der Waals surface area contributed by atoms with Crippen LogP contribution in [-0.4, -0.2) is 50.1 Å². The van der Waals surface area contributed by atoms with Crippen LogP contribution < -0.4 is 5.32 Å². The zero-order valence-electron chi connectivity index (χ0n) is 7.87. The number of methoxy groups -OCH3 is 1. The predicted octanol–water partition coefficient (Wildman–Crippen LogP) is -0.535. The Morgan fingerprint density at radius 3 is 2.85 bits per heavy atom. The smallest absolute Gasteiger partial charge is 0.326 e. The molecule has 0 radical (unpaired) electrons. The van der Waals surface area contributed by atoms with Crippen molar-refractivity contribution in [2.45, 2.75) is 18.1 Å². The van der Waals surface area contributed by atoms with E-state index in [-0.39, 0.29) is 0 Å². The van der Waals surface area contributed by atoms with Gasteiger partial charge < -0.3 is 19.9 Å². The Kier molecular flexibility index (Phi) is 3.24. The number of nitrogens with one attached hydrogen (secondary N) is 1. The van der Waals surface area contributed by atoms with E-state index in [0.29, 0.717) is 19.6 Å². The van der Waals surface area contributed by atoms with E-state index in [1.165, 1.54) is 7.11 Å². The monoisotopic (exact) mass is 189 g/mol. The number of aliphatic carboxylic acids is 1. The third kappa shape index (κ3) is 1.67. The van der Waals surface area contributed by atoms with Gasteiger partial charge in [-0.25, -0.2) is 0 Å². The van der Waals surface area contributed by atoms with Crippen molar-refractivity contribution in [2.75, 3.05) is 27.4 Å². The maximum Gasteiger partial charge on any atom is 0.326 e. The van der Waals surface area contributed by atoms with E-state index in [2.05, 4.69) is 5.32 Å². The molecule has 0 aromatic rings. The highest BCUT2D eigenvalue weighted by atomic mass is 16.5. The second-order valence-electron chi connectivity index (χ2n) is 3.08. The molecule has 1 saturated heterocycles. The van der Waals surface area contributed by atoms with Gasteiger partial charge in [-0.2, -0.15) is 0 Å². The normalized spacial score (nSPS) is 34.5. The molecule has 1 rings (SSSR count). The minimum atomic E-state index is -0.993. The molecule has 0 aromatic carbocycles. The summed E-state index contributed by atoms with van der Waals surface area (Å²) in [7, 11) is 3.12. The van der Waals surface area contributed by atoms with Crippen molar-refractivity contribution in [3.8, 4) is 0 Å². The first-order valence-corrected chi connectivity index (χ1v) is 4.20. The first kappa shape index (κ1) is 10.4. The second-order valence-corrected chi connectivity index (χ2v) is 3.08. The number of likely N-dealkylation sites (N-methyl/N-ethyl adjacent to an activating group) is 1. The van der Waals surface area contributed by atoms with Gasteiger partial charge in [0.1, 0.15) is 11.6 Å². The average Bonchev–Trinajstić information content (AvgIpc) is 2.17. The molecular formula is C8H15NO4. The van der Waals surface area contributed by atoms with E-state index in [4.69, 9.17) is 14.6 Å². The van der Waals surface area contributed by atoms with Crippen LogP contribution in [0.15, 0.2) is 0 Å². The van der Waals surface area contributed by atoms with Crippen LogP contribution in [0.5, 0.6) is 0 Å². The van der Waals surface area contributed by atoms with Gasteiger partial charge in [0.25, 0.3) is 0 Å². The first-order chi connectivity index (χ1) is 6.17. The molecule has 2 N–H and O–H groups in total. The summed E-state index contributed by atoms with van der Waals surface area (Å²) in [6, 6.07) is 0. The van der Waals surface area contributed by atoms with Gasteiger partial charge in [-0.3, -0.25) is 4.79 Å². The Hall–Kier alpha value is -0.650. The molecule has 2 atom stereocenters. The number of hydrogen-bond donors (Lipinski definition) is 2. The fourth-order valence-electron chi connectivity index (χ4n) is 1.63. The molecule has 0 amide bonds. The van der Waals surface area contributed by atoms with Gasteiger partial charge >= 0.3 is 5.97 Å². The van der Waals surface area contributed by atoms with Gasteiger partial charge in [-0.05, 0) is 7.05 Å². The Morgan fingerprint density at radius 2 is 2.46 bits per heavy atom. The van der Waals surface area contributed by atoms with Crippen molar-refractivity contribution in [1.29, 1.82) is 0 Å². The lowest BCUT2D eigenvalue weighted by Gasteiger charge is -2.39. The minimum absolute atomic E-state index is 0.323. The molecule has 0 saturated carbocycles. The summed E-state index contributed by atoms with van der Waals surface area (Å²) in [5, 5.41) is 11.9. The van der Waals surface area contributed by atoms with Gasteiger partial charge in [-0.1, -0.05) is 0 Å². The zero-order valence-corrected chi connectivity index (χ0v) is 7.87. The van der Waals surface area contributed by atoms with Gasteiger partial charge in [0.2, 0.25) is 0 Å². The number of ether oxygens (including phenoxy) is 2. The maximum absolute atomic E-state index is 11.1. The summed E-state index contributed by atoms with van der Waals surface area (Å²) >= 11 is 0. The highest BCUT2D eigenvalue weighted by Gasteiger charge is 2.47. The first-order valence-electron chi connectivity index (χ1n) is 4.20. The molecule has 0 aliphatic carbocycles. The van der Waals surface area contributed by atoms with E-state index < -0.39 is 17.6 Å². The van der Waals surface area contributed by atoms with Crippen molar-refractivity contribution in [3.05, 3.63) is 0 Å². The molecule has 0 aromatic heterocycles. The van der Waals surface area contributed by atoms with Crippen LogP contribution >= 0.6 is 0 Å². The van der Waals surface area contributed by atoms with Crippen LogP contribution in [0, 0.1) is 0 Å². The Balaban J connectivity index is 2.84. The molecule has 1 aliphatic heterocycles. The van der Waals surface area contributed by atoms with Crippen LogP contribution in [0.3, 0.4) is 0 Å². The van der Waals surface area contributed by atoms with E-state index in [1.807, 2.05) is 0 Å². The Bertz CT molecular complexity index is 197. The quantitative estimate of drug-likeness (QED) is 0.624. The molecule has 2 unspecified atom stereocenters. The van der Waals surface area contributed by atoms with Gasteiger partial charge in [-0.15, -0.1) is 0 Å². The summed E-state index contributed by atoms with van der Waals surface area (Å²) in [6.45, 7) is 0.774. The number of hydrogen-bond acceptors (Lipinski definition) is 4. The molecule has 76 valence electrons. The summed E-state index contributed by atoms with van der Waals surface area (Å²) in [6.07, 6.45) is 0.000833. The number of carbonyl (C=O) groups is 1. The van der Waals surface area contributed by atoms with Crippen LogP contribution in [0.4, 0.5) is 0 Å². The molecule has 5 heteroatoms. The second kappa shape index (κ2) is 4.04. The van der Waals surface area contributed by atoms with Crippen LogP contribution in [-0.2, 0) is 14.3 Å². The third-order valence-corrected chi connectivity index (χ3v) is 2.57. The van der Waals surface area contributed by atoms with Gasteiger partial charge in [0, 0.05) is 20.1 Å². The van der Waals surface area contributed by atoms with E-state index in [0.717, 1.165) is 0 Å². The zero-order chi connectivity index (χ0) is 9.90. The van der Waals surface area contributed by atoms with Crippen LogP contribution in [0.25, 0.3) is 0 Å². The van der Waals surface area contributed by atoms with Crippen molar-refractivity contribution in [3.63, 3.8) is 0 Å². The summed E-state index contributed by atoms with van der Waals surface area (Å²) in [5.74, 6) is -0.884.